The number of carbonyl (C=O) groups is 1. The van der Waals surface area contributed by atoms with Crippen LogP contribution < -0.4 is 0 Å². The molecule has 0 N–H and O–H groups in total. The third kappa shape index (κ3) is 5.25. The summed E-state index contributed by atoms with van der Waals surface area (Å²) in [6.07, 6.45) is 4.00. The van der Waals surface area contributed by atoms with E-state index in [0.717, 1.165) is 31.6 Å². The van der Waals surface area contributed by atoms with E-state index >= 15 is 0 Å². The van der Waals surface area contributed by atoms with E-state index in [1.165, 1.54) is 24.0 Å². The highest BCUT2D eigenvalue weighted by atomic mass is 16.1. The van der Waals surface area contributed by atoms with Crippen molar-refractivity contribution in [2.75, 3.05) is 19.6 Å². The minimum Gasteiger partial charge on any atom is -0.303 e. The summed E-state index contributed by atoms with van der Waals surface area (Å²) in [7, 11) is 0. The third-order valence-corrected chi connectivity index (χ3v) is 6.39. The van der Waals surface area contributed by atoms with Crippen LogP contribution in [0.25, 0.3) is 0 Å². The van der Waals surface area contributed by atoms with E-state index in [1.807, 2.05) is 30.3 Å². The molecule has 2 heteroatoms. The Morgan fingerprint density at radius 3 is 1.80 bits per heavy atom. The Morgan fingerprint density at radius 2 is 1.27 bits per heavy atom. The van der Waals surface area contributed by atoms with E-state index in [9.17, 15) is 4.79 Å². The van der Waals surface area contributed by atoms with Crippen molar-refractivity contribution in [2.45, 2.75) is 31.6 Å². The highest BCUT2D eigenvalue weighted by Crippen LogP contribution is 2.37. The minimum atomic E-state index is 0.263. The molecule has 3 aromatic carbocycles. The molecule has 4 rings (SSSR count). The molecule has 0 radical (unpaired) electrons. The number of rotatable bonds is 8. The van der Waals surface area contributed by atoms with Crippen LogP contribution in [0.1, 0.15) is 53.1 Å². The minimum absolute atomic E-state index is 0.263. The van der Waals surface area contributed by atoms with Crippen molar-refractivity contribution in [3.8, 4) is 0 Å². The number of likely N-dealkylation sites (tertiary alicyclic amines) is 1. The van der Waals surface area contributed by atoms with Crippen molar-refractivity contribution in [2.24, 2.45) is 5.92 Å². The second-order valence-corrected chi connectivity index (χ2v) is 8.37. The maximum Gasteiger partial charge on any atom is 0.162 e. The van der Waals surface area contributed by atoms with Crippen LogP contribution in [0.2, 0.25) is 0 Å². The highest BCUT2D eigenvalue weighted by Gasteiger charge is 2.28. The van der Waals surface area contributed by atoms with Gasteiger partial charge in [-0.15, -0.1) is 0 Å². The lowest BCUT2D eigenvalue weighted by Gasteiger charge is -2.36. The van der Waals surface area contributed by atoms with Crippen molar-refractivity contribution in [1.82, 2.24) is 4.90 Å². The average Bonchev–Trinajstić information content (AvgIpc) is 2.82. The number of hydrogen-bond acceptors (Lipinski definition) is 2. The topological polar surface area (TPSA) is 20.3 Å². The van der Waals surface area contributed by atoms with E-state index in [1.54, 1.807) is 0 Å². The third-order valence-electron chi connectivity index (χ3n) is 6.39. The first-order valence-corrected chi connectivity index (χ1v) is 11.2. The van der Waals surface area contributed by atoms with Gasteiger partial charge in [-0.1, -0.05) is 91.0 Å². The number of ketones is 1. The quantitative estimate of drug-likeness (QED) is 0.422. The van der Waals surface area contributed by atoms with Crippen LogP contribution in [-0.2, 0) is 0 Å². The van der Waals surface area contributed by atoms with Gasteiger partial charge in [0.05, 0.1) is 0 Å². The second-order valence-electron chi connectivity index (χ2n) is 8.37. The molecule has 154 valence electrons. The zero-order chi connectivity index (χ0) is 20.6. The monoisotopic (exact) mass is 397 g/mol. The van der Waals surface area contributed by atoms with Crippen LogP contribution in [0.15, 0.2) is 91.0 Å². The molecule has 1 aliphatic rings. The largest absolute Gasteiger partial charge is 0.303 e. The predicted molar refractivity (Wildman–Crippen MR) is 124 cm³/mol. The molecule has 0 spiro atoms. The number of hydrogen-bond donors (Lipinski definition) is 0. The average molecular weight is 398 g/mol. The molecule has 0 atom stereocenters. The zero-order valence-corrected chi connectivity index (χ0v) is 17.6. The summed E-state index contributed by atoms with van der Waals surface area (Å²) in [4.78, 5) is 14.9. The van der Waals surface area contributed by atoms with Gasteiger partial charge >= 0.3 is 0 Å². The molecule has 0 saturated carbocycles. The molecule has 1 heterocycles. The van der Waals surface area contributed by atoms with Gasteiger partial charge in [0.2, 0.25) is 0 Å². The summed E-state index contributed by atoms with van der Waals surface area (Å²) in [5, 5.41) is 0. The molecule has 3 aromatic rings. The van der Waals surface area contributed by atoms with Crippen LogP contribution in [0.5, 0.6) is 0 Å². The van der Waals surface area contributed by atoms with Gasteiger partial charge < -0.3 is 4.90 Å². The molecule has 1 fully saturated rings. The second kappa shape index (κ2) is 10.4. The predicted octanol–water partition coefficient (Wildman–Crippen LogP) is 6.19. The molecule has 0 aromatic heterocycles. The molecule has 0 unspecified atom stereocenters. The van der Waals surface area contributed by atoms with E-state index in [0.29, 0.717) is 18.3 Å². The first-order valence-electron chi connectivity index (χ1n) is 11.2. The fourth-order valence-corrected chi connectivity index (χ4v) is 4.80. The van der Waals surface area contributed by atoms with Gasteiger partial charge in [0.25, 0.3) is 0 Å². The Balaban J connectivity index is 1.32. The molecular weight excluding hydrogens is 366 g/mol. The highest BCUT2D eigenvalue weighted by molar-refractivity contribution is 5.95. The number of benzene rings is 3. The molecule has 2 nitrogen and oxygen atoms in total. The molecule has 0 aliphatic carbocycles. The van der Waals surface area contributed by atoms with E-state index < -0.39 is 0 Å². The SMILES string of the molecule is O=C(CCCN1CCC(C(c2ccccc2)c2ccccc2)CC1)c1ccccc1. The van der Waals surface area contributed by atoms with Gasteiger partial charge in [0.1, 0.15) is 0 Å². The Morgan fingerprint density at radius 1 is 0.767 bits per heavy atom. The Kier molecular flexibility index (Phi) is 7.10. The lowest BCUT2D eigenvalue weighted by molar-refractivity contribution is 0.0969. The Labute approximate surface area is 180 Å². The fraction of sp³-hybridized carbons (Fsp3) is 0.321. The van der Waals surface area contributed by atoms with Crippen LogP contribution >= 0.6 is 0 Å². The van der Waals surface area contributed by atoms with E-state index in [4.69, 9.17) is 0 Å². The molecule has 0 bridgehead atoms. The van der Waals surface area contributed by atoms with Gasteiger partial charge in [0.15, 0.2) is 5.78 Å². The summed E-state index contributed by atoms with van der Waals surface area (Å²) < 4.78 is 0. The number of Topliss-reactive ketones (excluding diaryl/α,β-unsaturated/α-hetero) is 1. The molecule has 0 amide bonds. The van der Waals surface area contributed by atoms with E-state index in [-0.39, 0.29) is 5.78 Å². The summed E-state index contributed by atoms with van der Waals surface area (Å²) in [6, 6.07) is 31.6. The van der Waals surface area contributed by atoms with Gasteiger partial charge in [-0.05, 0) is 55.9 Å². The first-order chi connectivity index (χ1) is 14.8. The van der Waals surface area contributed by atoms with Crippen molar-refractivity contribution in [3.63, 3.8) is 0 Å². The Bertz CT molecular complexity index is 860. The van der Waals surface area contributed by atoms with Gasteiger partial charge in [-0.3, -0.25) is 4.79 Å². The maximum atomic E-state index is 12.3. The molecule has 1 aliphatic heterocycles. The molecule has 30 heavy (non-hydrogen) atoms. The van der Waals surface area contributed by atoms with Crippen LogP contribution in [-0.4, -0.2) is 30.3 Å². The fourth-order valence-electron chi connectivity index (χ4n) is 4.80. The van der Waals surface area contributed by atoms with Crippen LogP contribution in [0, 0.1) is 5.92 Å². The molecule has 1 saturated heterocycles. The van der Waals surface area contributed by atoms with Crippen LogP contribution in [0.4, 0.5) is 0 Å². The summed E-state index contributed by atoms with van der Waals surface area (Å²) in [5.74, 6) is 1.39. The van der Waals surface area contributed by atoms with Crippen molar-refractivity contribution >= 4 is 5.78 Å². The summed E-state index contributed by atoms with van der Waals surface area (Å²) in [5.41, 5.74) is 3.69. The lowest BCUT2D eigenvalue weighted by Crippen LogP contribution is -2.36. The van der Waals surface area contributed by atoms with Crippen LogP contribution in [0.3, 0.4) is 0 Å². The van der Waals surface area contributed by atoms with Crippen molar-refractivity contribution in [1.29, 1.82) is 0 Å². The lowest BCUT2D eigenvalue weighted by atomic mass is 9.76. The van der Waals surface area contributed by atoms with Crippen molar-refractivity contribution < 1.29 is 4.79 Å². The zero-order valence-electron chi connectivity index (χ0n) is 17.6. The number of piperidine rings is 1. The Hall–Kier alpha value is -2.71. The normalized spacial score (nSPS) is 15.4. The number of nitrogens with zero attached hydrogens (tertiary/aromatic N) is 1. The number of carbonyl (C=O) groups excluding carboxylic acids is 1. The van der Waals surface area contributed by atoms with Gasteiger partial charge in [0, 0.05) is 17.9 Å². The molecular formula is C28H31NO. The van der Waals surface area contributed by atoms with Gasteiger partial charge in [-0.25, -0.2) is 0 Å². The first kappa shape index (κ1) is 20.6. The summed E-state index contributed by atoms with van der Waals surface area (Å²) >= 11 is 0. The maximum absolute atomic E-state index is 12.3. The smallest absolute Gasteiger partial charge is 0.162 e. The standard InChI is InChI=1S/C28H31NO/c30-27(23-11-4-1-5-12-23)17-10-20-29-21-18-26(19-22-29)28(24-13-6-2-7-14-24)25-15-8-3-9-16-25/h1-9,11-16,26,28H,10,17-22H2. The van der Waals surface area contributed by atoms with E-state index in [2.05, 4.69) is 65.6 Å². The van der Waals surface area contributed by atoms with Crippen molar-refractivity contribution in [3.05, 3.63) is 108 Å². The van der Waals surface area contributed by atoms with Gasteiger partial charge in [-0.2, -0.15) is 0 Å². The summed E-state index contributed by atoms with van der Waals surface area (Å²) in [6.45, 7) is 3.27.